The summed E-state index contributed by atoms with van der Waals surface area (Å²) in [6.07, 6.45) is 23.2. The van der Waals surface area contributed by atoms with E-state index in [-0.39, 0.29) is 5.97 Å². The van der Waals surface area contributed by atoms with Crippen molar-refractivity contribution in [2.75, 3.05) is 0 Å². The number of benzene rings is 1. The molecule has 0 saturated heterocycles. The highest BCUT2D eigenvalue weighted by molar-refractivity contribution is 5.86. The van der Waals surface area contributed by atoms with Crippen LogP contribution in [0.2, 0.25) is 0 Å². The molecule has 0 spiro atoms. The monoisotopic (exact) mass is 409 g/mol. The van der Waals surface area contributed by atoms with E-state index in [2.05, 4.69) is 24.1 Å². The van der Waals surface area contributed by atoms with Crippen LogP contribution in [0.1, 0.15) is 96.8 Å². The number of hydrogen-bond donors (Lipinski definition) is 0. The number of ether oxygens (including phenoxy) is 1. The summed E-state index contributed by atoms with van der Waals surface area (Å²) in [6, 6.07) is 9.55. The second-order valence-electron chi connectivity index (χ2n) is 8.14. The van der Waals surface area contributed by atoms with Gasteiger partial charge in [0.2, 0.25) is 0 Å². The summed E-state index contributed by atoms with van der Waals surface area (Å²) in [5.41, 5.74) is 0.748. The van der Waals surface area contributed by atoms with Gasteiger partial charge in [-0.25, -0.2) is 0 Å². The van der Waals surface area contributed by atoms with Gasteiger partial charge in [0.25, 0.3) is 0 Å². The van der Waals surface area contributed by atoms with E-state index < -0.39 is 0 Å². The van der Waals surface area contributed by atoms with Gasteiger partial charge in [0.1, 0.15) is 5.52 Å². The number of allylic oxidation sites excluding steroid dienone is 2. The molecule has 3 nitrogen and oxygen atoms in total. The summed E-state index contributed by atoms with van der Waals surface area (Å²) in [7, 11) is 0. The summed E-state index contributed by atoms with van der Waals surface area (Å²) in [6.45, 7) is 2.27. The molecule has 0 aliphatic rings. The number of hydrogen-bond acceptors (Lipinski definition) is 3. The lowest BCUT2D eigenvalue weighted by atomic mass is 10.1. The van der Waals surface area contributed by atoms with E-state index >= 15 is 0 Å². The topological polar surface area (TPSA) is 39.2 Å². The molecule has 164 valence electrons. The number of aromatic nitrogens is 1. The van der Waals surface area contributed by atoms with Crippen molar-refractivity contribution in [3.8, 4) is 5.75 Å². The molecule has 0 radical (unpaired) electrons. The molecule has 1 aromatic heterocycles. The molecule has 0 unspecified atom stereocenters. The number of nitrogens with zero attached hydrogens (tertiary/aromatic N) is 1. The second-order valence-corrected chi connectivity index (χ2v) is 8.14. The normalized spacial score (nSPS) is 11.4. The van der Waals surface area contributed by atoms with Gasteiger partial charge in [-0.1, -0.05) is 88.6 Å². The zero-order valence-electron chi connectivity index (χ0n) is 18.8. The fourth-order valence-corrected chi connectivity index (χ4v) is 3.67. The van der Waals surface area contributed by atoms with Crippen molar-refractivity contribution >= 4 is 16.9 Å². The maximum absolute atomic E-state index is 12.1. The summed E-state index contributed by atoms with van der Waals surface area (Å²) < 4.78 is 5.54. The number of unbranched alkanes of at least 4 members (excludes halogenated alkanes) is 11. The Morgan fingerprint density at radius 1 is 0.833 bits per heavy atom. The first kappa shape index (κ1) is 24.1. The molecule has 3 heteroatoms. The van der Waals surface area contributed by atoms with Gasteiger partial charge in [0.15, 0.2) is 5.75 Å². The molecule has 0 saturated carbocycles. The van der Waals surface area contributed by atoms with Crippen molar-refractivity contribution in [2.45, 2.75) is 96.8 Å². The Kier molecular flexibility index (Phi) is 12.6. The van der Waals surface area contributed by atoms with Crippen LogP contribution in [0.5, 0.6) is 5.75 Å². The number of para-hydroxylation sites is 1. The number of esters is 1. The van der Waals surface area contributed by atoms with Crippen molar-refractivity contribution < 1.29 is 9.53 Å². The van der Waals surface area contributed by atoms with E-state index in [4.69, 9.17) is 4.74 Å². The fourth-order valence-electron chi connectivity index (χ4n) is 3.67. The smallest absolute Gasteiger partial charge is 0.311 e. The Bertz CT molecular complexity index is 748. The molecule has 30 heavy (non-hydrogen) atoms. The molecule has 1 aromatic carbocycles. The minimum Gasteiger partial charge on any atom is -0.424 e. The summed E-state index contributed by atoms with van der Waals surface area (Å²) in [5, 5.41) is 0.990. The van der Waals surface area contributed by atoms with Gasteiger partial charge in [-0.05, 0) is 44.2 Å². The standard InChI is InChI=1S/C27H39NO2/c1-2-3-4-5-6-7-8-9-10-11-12-13-14-15-16-22-26(29)30-25-21-17-19-24-20-18-23-28-27(24)25/h9-10,17-21,23H,2-8,11-16,22H2,1H3/b10-9+. The third kappa shape index (κ3) is 10.0. The number of carbonyl (C=O) groups excluding carboxylic acids is 1. The SMILES string of the molecule is CCCCCCCC/C=C/CCCCCCCC(=O)Oc1cccc2cccnc12. The molecular formula is C27H39NO2. The Morgan fingerprint density at radius 3 is 2.20 bits per heavy atom. The van der Waals surface area contributed by atoms with E-state index in [1.165, 1.54) is 70.6 Å². The molecule has 0 atom stereocenters. The number of rotatable bonds is 16. The maximum Gasteiger partial charge on any atom is 0.311 e. The van der Waals surface area contributed by atoms with Crippen molar-refractivity contribution in [1.29, 1.82) is 0 Å². The first-order valence-corrected chi connectivity index (χ1v) is 12.0. The van der Waals surface area contributed by atoms with Crippen LogP contribution in [0.4, 0.5) is 0 Å². The molecule has 2 aromatic rings. The zero-order valence-corrected chi connectivity index (χ0v) is 18.8. The lowest BCUT2D eigenvalue weighted by Crippen LogP contribution is -2.08. The van der Waals surface area contributed by atoms with Crippen LogP contribution < -0.4 is 4.74 Å². The van der Waals surface area contributed by atoms with E-state index in [1.807, 2.05) is 30.3 Å². The average Bonchev–Trinajstić information content (AvgIpc) is 2.76. The van der Waals surface area contributed by atoms with Crippen LogP contribution in [-0.2, 0) is 4.79 Å². The van der Waals surface area contributed by atoms with Gasteiger partial charge in [-0.3, -0.25) is 9.78 Å². The predicted molar refractivity (Wildman–Crippen MR) is 127 cm³/mol. The molecule has 0 bridgehead atoms. The van der Waals surface area contributed by atoms with Gasteiger partial charge in [0.05, 0.1) is 0 Å². The summed E-state index contributed by atoms with van der Waals surface area (Å²) in [4.78, 5) is 16.5. The van der Waals surface area contributed by atoms with Gasteiger partial charge >= 0.3 is 5.97 Å². The third-order valence-electron chi connectivity index (χ3n) is 5.46. The van der Waals surface area contributed by atoms with Crippen molar-refractivity contribution in [3.63, 3.8) is 0 Å². The van der Waals surface area contributed by atoms with Crippen LogP contribution in [0, 0.1) is 0 Å². The maximum atomic E-state index is 12.1. The van der Waals surface area contributed by atoms with E-state index in [0.29, 0.717) is 12.2 Å². The molecule has 0 aliphatic heterocycles. The van der Waals surface area contributed by atoms with Gasteiger partial charge in [-0.2, -0.15) is 0 Å². The lowest BCUT2D eigenvalue weighted by molar-refractivity contribution is -0.134. The summed E-state index contributed by atoms with van der Waals surface area (Å²) >= 11 is 0. The zero-order chi connectivity index (χ0) is 21.3. The number of carbonyl (C=O) groups is 1. The highest BCUT2D eigenvalue weighted by atomic mass is 16.5. The Balaban J connectivity index is 1.45. The minimum absolute atomic E-state index is 0.161. The number of pyridine rings is 1. The third-order valence-corrected chi connectivity index (χ3v) is 5.46. The van der Waals surface area contributed by atoms with Crippen LogP contribution in [0.3, 0.4) is 0 Å². The summed E-state index contributed by atoms with van der Waals surface area (Å²) in [5.74, 6) is 0.400. The highest BCUT2D eigenvalue weighted by Crippen LogP contribution is 2.23. The van der Waals surface area contributed by atoms with Crippen molar-refractivity contribution in [2.24, 2.45) is 0 Å². The van der Waals surface area contributed by atoms with Crippen LogP contribution in [0.25, 0.3) is 10.9 Å². The molecule has 0 N–H and O–H groups in total. The van der Waals surface area contributed by atoms with Crippen LogP contribution in [-0.4, -0.2) is 11.0 Å². The second kappa shape index (κ2) is 15.6. The van der Waals surface area contributed by atoms with E-state index in [1.54, 1.807) is 6.20 Å². The average molecular weight is 410 g/mol. The van der Waals surface area contributed by atoms with Crippen molar-refractivity contribution in [1.82, 2.24) is 4.98 Å². The molecule has 0 aliphatic carbocycles. The predicted octanol–water partition coefficient (Wildman–Crippen LogP) is 8.18. The number of fused-ring (bicyclic) bond motifs is 1. The minimum atomic E-state index is -0.161. The molecule has 2 rings (SSSR count). The Morgan fingerprint density at radius 2 is 1.47 bits per heavy atom. The first-order valence-electron chi connectivity index (χ1n) is 12.0. The molecular weight excluding hydrogens is 370 g/mol. The Hall–Kier alpha value is -2.16. The molecule has 0 fully saturated rings. The van der Waals surface area contributed by atoms with Gasteiger partial charge in [0, 0.05) is 18.0 Å². The first-order chi connectivity index (χ1) is 14.8. The molecule has 0 amide bonds. The van der Waals surface area contributed by atoms with Gasteiger partial charge < -0.3 is 4.74 Å². The largest absolute Gasteiger partial charge is 0.424 e. The fraction of sp³-hybridized carbons (Fsp3) is 0.556. The van der Waals surface area contributed by atoms with Crippen LogP contribution in [0.15, 0.2) is 48.7 Å². The van der Waals surface area contributed by atoms with E-state index in [0.717, 1.165) is 23.7 Å². The van der Waals surface area contributed by atoms with E-state index in [9.17, 15) is 4.79 Å². The van der Waals surface area contributed by atoms with Crippen LogP contribution >= 0.6 is 0 Å². The Labute approximate surface area is 182 Å². The quantitative estimate of drug-likeness (QED) is 0.121. The lowest BCUT2D eigenvalue weighted by Gasteiger charge is -2.07. The van der Waals surface area contributed by atoms with Crippen molar-refractivity contribution in [3.05, 3.63) is 48.7 Å². The highest BCUT2D eigenvalue weighted by Gasteiger charge is 2.08. The molecule has 1 heterocycles. The van der Waals surface area contributed by atoms with Gasteiger partial charge in [-0.15, -0.1) is 0 Å².